The van der Waals surface area contributed by atoms with Gasteiger partial charge in [0.1, 0.15) is 30.5 Å². The Morgan fingerprint density at radius 3 is 1.67 bits per heavy atom. The van der Waals surface area contributed by atoms with Gasteiger partial charge < -0.3 is 18.9 Å². The Morgan fingerprint density at radius 2 is 1.09 bits per heavy atom. The molecule has 0 bridgehead atoms. The molecule has 0 saturated carbocycles. The number of carbonyl (C=O) groups is 3. The van der Waals surface area contributed by atoms with Gasteiger partial charge in [-0.3, -0.25) is 0 Å². The topological polar surface area (TPSA) is 88.1 Å². The molecule has 0 amide bonds. The van der Waals surface area contributed by atoms with E-state index in [1.54, 1.807) is 45.0 Å². The molecule has 3 rings (SSSR count). The summed E-state index contributed by atoms with van der Waals surface area (Å²) in [7, 11) is 0. The number of carbonyl (C=O) groups excluding carboxylic acids is 3. The van der Waals surface area contributed by atoms with E-state index >= 15 is 0 Å². The lowest BCUT2D eigenvalue weighted by Gasteiger charge is -2.15. The monoisotopic (exact) mass is 580 g/mol. The second-order valence-corrected chi connectivity index (χ2v) is 10.1. The minimum absolute atomic E-state index is 0.106. The normalized spacial score (nSPS) is 11.1. The molecule has 0 aliphatic carbocycles. The number of ether oxygens (including phenoxy) is 4. The van der Waals surface area contributed by atoms with Crippen molar-refractivity contribution >= 4 is 29.1 Å². The molecular formula is C36H36O7. The quantitative estimate of drug-likeness (QED) is 0.0711. The smallest absolute Gasteiger partial charge is 0.338 e. The van der Waals surface area contributed by atoms with Crippen LogP contribution in [0.25, 0.3) is 22.3 Å². The maximum Gasteiger partial charge on any atom is 0.338 e. The third-order valence-corrected chi connectivity index (χ3v) is 6.47. The highest BCUT2D eigenvalue weighted by Crippen LogP contribution is 2.36. The van der Waals surface area contributed by atoms with E-state index in [-0.39, 0.29) is 18.8 Å². The first-order chi connectivity index (χ1) is 20.4. The van der Waals surface area contributed by atoms with Crippen LogP contribution < -0.4 is 14.2 Å². The highest BCUT2D eigenvalue weighted by molar-refractivity contribution is 5.93. The van der Waals surface area contributed by atoms with Crippen molar-refractivity contribution < 1.29 is 33.3 Å². The highest BCUT2D eigenvalue weighted by atomic mass is 16.6. The molecule has 0 aliphatic rings. The van der Waals surface area contributed by atoms with Gasteiger partial charge in [-0.25, -0.2) is 14.4 Å². The Bertz CT molecular complexity index is 1590. The van der Waals surface area contributed by atoms with E-state index in [2.05, 4.69) is 19.7 Å². The predicted molar refractivity (Wildman–Crippen MR) is 169 cm³/mol. The average molecular weight is 581 g/mol. The van der Waals surface area contributed by atoms with E-state index in [1.807, 2.05) is 56.3 Å². The second kappa shape index (κ2) is 14.6. The first kappa shape index (κ1) is 32.3. The summed E-state index contributed by atoms with van der Waals surface area (Å²) in [6.45, 7) is 19.9. The maximum atomic E-state index is 12.5. The van der Waals surface area contributed by atoms with Crippen LogP contribution in [0.15, 0.2) is 103 Å². The second-order valence-electron chi connectivity index (χ2n) is 10.1. The van der Waals surface area contributed by atoms with E-state index in [9.17, 15) is 14.4 Å². The van der Waals surface area contributed by atoms with Crippen molar-refractivity contribution in [3.8, 4) is 28.4 Å². The van der Waals surface area contributed by atoms with Crippen LogP contribution in [0.2, 0.25) is 0 Å². The fraction of sp³-hybridized carbons (Fsp3) is 0.194. The summed E-state index contributed by atoms with van der Waals surface area (Å²) in [5, 5.41) is 0. The lowest BCUT2D eigenvalue weighted by Crippen LogP contribution is -2.12. The van der Waals surface area contributed by atoms with Gasteiger partial charge in [0.2, 0.25) is 0 Å². The van der Waals surface area contributed by atoms with Crippen molar-refractivity contribution in [2.45, 2.75) is 34.6 Å². The Labute approximate surface area is 252 Å². The van der Waals surface area contributed by atoms with Crippen LogP contribution >= 0.6 is 0 Å². The van der Waals surface area contributed by atoms with Crippen LogP contribution in [0.4, 0.5) is 0 Å². The van der Waals surface area contributed by atoms with Crippen molar-refractivity contribution in [1.29, 1.82) is 0 Å². The fourth-order valence-corrected chi connectivity index (χ4v) is 3.81. The van der Waals surface area contributed by atoms with Gasteiger partial charge in [0.05, 0.1) is 0 Å². The Balaban J connectivity index is 1.86. The molecule has 7 nitrogen and oxygen atoms in total. The largest absolute Gasteiger partial charge is 0.490 e. The van der Waals surface area contributed by atoms with Gasteiger partial charge in [-0.1, -0.05) is 56.1 Å². The van der Waals surface area contributed by atoms with Crippen LogP contribution in [0.3, 0.4) is 0 Å². The number of rotatable bonds is 12. The van der Waals surface area contributed by atoms with Crippen LogP contribution in [-0.2, 0) is 19.1 Å². The summed E-state index contributed by atoms with van der Waals surface area (Å²) < 4.78 is 21.8. The minimum atomic E-state index is -0.527. The summed E-state index contributed by atoms with van der Waals surface area (Å²) in [5.74, 6) is -0.0397. The zero-order valence-electron chi connectivity index (χ0n) is 25.2. The van der Waals surface area contributed by atoms with E-state index in [0.717, 1.165) is 33.4 Å². The molecule has 0 aliphatic heterocycles. The molecule has 0 spiro atoms. The average Bonchev–Trinajstić information content (AvgIpc) is 2.99. The van der Waals surface area contributed by atoms with Gasteiger partial charge in [-0.2, -0.15) is 0 Å². The molecule has 0 unspecified atom stereocenters. The van der Waals surface area contributed by atoms with E-state index in [4.69, 9.17) is 18.9 Å². The van der Waals surface area contributed by atoms with Gasteiger partial charge in [0.15, 0.2) is 0 Å². The molecular weight excluding hydrogens is 544 g/mol. The molecule has 0 atom stereocenters. The van der Waals surface area contributed by atoms with Gasteiger partial charge in [-0.15, -0.1) is 0 Å². The number of hydrogen-bond acceptors (Lipinski definition) is 7. The number of allylic oxidation sites excluding steroid dienone is 2. The summed E-state index contributed by atoms with van der Waals surface area (Å²) in [6.07, 6.45) is 0. The molecule has 0 fully saturated rings. The minimum Gasteiger partial charge on any atom is -0.490 e. The first-order valence-electron chi connectivity index (χ1n) is 13.6. The van der Waals surface area contributed by atoms with Gasteiger partial charge in [0, 0.05) is 22.3 Å². The number of benzene rings is 3. The molecule has 3 aromatic rings. The molecule has 0 heterocycles. The summed E-state index contributed by atoms with van der Waals surface area (Å²) >= 11 is 0. The van der Waals surface area contributed by atoms with Crippen molar-refractivity contribution in [2.24, 2.45) is 0 Å². The van der Waals surface area contributed by atoms with E-state index < -0.39 is 17.9 Å². The molecule has 43 heavy (non-hydrogen) atoms. The lowest BCUT2D eigenvalue weighted by molar-refractivity contribution is -0.139. The molecule has 222 valence electrons. The van der Waals surface area contributed by atoms with Crippen molar-refractivity contribution in [1.82, 2.24) is 0 Å². The van der Waals surface area contributed by atoms with Crippen LogP contribution in [0, 0.1) is 0 Å². The maximum absolute atomic E-state index is 12.5. The fourth-order valence-electron chi connectivity index (χ4n) is 3.81. The van der Waals surface area contributed by atoms with Crippen molar-refractivity contribution in [3.05, 3.63) is 114 Å². The number of esters is 3. The third-order valence-electron chi connectivity index (χ3n) is 6.47. The summed E-state index contributed by atoms with van der Waals surface area (Å²) in [4.78, 5) is 35.9. The zero-order chi connectivity index (χ0) is 31.7. The Hall–Kier alpha value is -5.17. The Morgan fingerprint density at radius 1 is 0.581 bits per heavy atom. The molecule has 0 N–H and O–H groups in total. The van der Waals surface area contributed by atoms with Crippen molar-refractivity contribution in [3.63, 3.8) is 0 Å². The summed E-state index contributed by atoms with van der Waals surface area (Å²) in [6, 6.07) is 20.2. The molecule has 0 saturated heterocycles. The van der Waals surface area contributed by atoms with E-state index in [1.165, 1.54) is 0 Å². The van der Waals surface area contributed by atoms with Crippen molar-refractivity contribution in [2.75, 3.05) is 13.2 Å². The molecule has 7 heteroatoms. The summed E-state index contributed by atoms with van der Waals surface area (Å²) in [5.41, 5.74) is 6.26. The SMILES string of the molecule is C=C(C)C(=O)OCCOc1ccc(-c2ccc(/C(C)=C(\C)c3ccc(OC(=O)C(=C)C)cc3)cc2OC(=O)C(=C)C)cc1. The van der Waals surface area contributed by atoms with Crippen LogP contribution in [0.5, 0.6) is 17.2 Å². The predicted octanol–water partition coefficient (Wildman–Crippen LogP) is 7.77. The molecule has 0 aromatic heterocycles. The van der Waals surface area contributed by atoms with Crippen LogP contribution in [-0.4, -0.2) is 31.1 Å². The molecule has 0 radical (unpaired) electrons. The zero-order valence-corrected chi connectivity index (χ0v) is 25.2. The first-order valence-corrected chi connectivity index (χ1v) is 13.6. The third kappa shape index (κ3) is 8.91. The van der Waals surface area contributed by atoms with E-state index in [0.29, 0.717) is 28.4 Å². The highest BCUT2D eigenvalue weighted by Gasteiger charge is 2.15. The van der Waals surface area contributed by atoms with Gasteiger partial charge in [-0.05, 0) is 92.8 Å². The van der Waals surface area contributed by atoms with Crippen LogP contribution in [0.1, 0.15) is 45.7 Å². The molecule has 3 aromatic carbocycles. The standard InChI is InChI=1S/C36H36O7/c1-22(2)34(37)41-20-19-40-30-14-11-28(12-15-30)32-18-13-29(21-33(32)43-36(39)24(5)6)26(8)25(7)27-9-16-31(17-10-27)42-35(38)23(3)4/h9-18,21H,1,3,5,19-20H2,2,4,6-8H3/b26-25+. The Kier molecular flexibility index (Phi) is 11.0. The van der Waals surface area contributed by atoms with Gasteiger partial charge >= 0.3 is 17.9 Å². The van der Waals surface area contributed by atoms with Gasteiger partial charge in [0.25, 0.3) is 0 Å². The number of hydrogen-bond donors (Lipinski definition) is 0. The lowest BCUT2D eigenvalue weighted by atomic mass is 9.94.